The molecule has 0 fully saturated rings. The molecule has 37 heavy (non-hydrogen) atoms. The van der Waals surface area contributed by atoms with Crippen molar-refractivity contribution in [2.24, 2.45) is 0 Å². The second-order valence-corrected chi connectivity index (χ2v) is 9.37. The molecule has 2 nitrogen and oxygen atoms in total. The lowest BCUT2D eigenvalue weighted by Crippen LogP contribution is -1.90. The molecule has 0 N–H and O–H groups in total. The number of aromatic nitrogens is 2. The zero-order valence-corrected chi connectivity index (χ0v) is 20.3. The van der Waals surface area contributed by atoms with Crippen LogP contribution in [0.1, 0.15) is 0 Å². The molecule has 174 valence electrons. The van der Waals surface area contributed by atoms with Gasteiger partial charge in [-0.3, -0.25) is 0 Å². The van der Waals surface area contributed by atoms with E-state index < -0.39 is 0 Å². The van der Waals surface area contributed by atoms with Crippen LogP contribution in [0.4, 0.5) is 0 Å². The van der Waals surface area contributed by atoms with E-state index in [9.17, 15) is 0 Å². The molecule has 7 aromatic rings. The molecular weight excluding hydrogens is 448 g/mol. The standard InChI is InChI=1S/C35H24N2/c1-3-9-25(10-4-1)30-21-31(26-11-5-2-6-12-26)23-32(22-30)27-15-17-28(18-16-27)34-24-33-20-19-29-13-7-8-14-35(29)37(33)36-34/h1-24H. The van der Waals surface area contributed by atoms with Gasteiger partial charge in [-0.15, -0.1) is 0 Å². The van der Waals surface area contributed by atoms with Gasteiger partial charge in [0.2, 0.25) is 0 Å². The van der Waals surface area contributed by atoms with Crippen molar-refractivity contribution in [3.63, 3.8) is 0 Å². The summed E-state index contributed by atoms with van der Waals surface area (Å²) < 4.78 is 2.04. The first-order valence-electron chi connectivity index (χ1n) is 12.6. The van der Waals surface area contributed by atoms with Gasteiger partial charge in [-0.05, 0) is 69.8 Å². The molecule has 0 bridgehead atoms. The first kappa shape index (κ1) is 21.3. The zero-order valence-electron chi connectivity index (χ0n) is 20.3. The molecule has 0 unspecified atom stereocenters. The largest absolute Gasteiger partial charge is 0.232 e. The van der Waals surface area contributed by atoms with Gasteiger partial charge < -0.3 is 0 Å². The van der Waals surface area contributed by atoms with E-state index in [2.05, 4.69) is 146 Å². The Morgan fingerprint density at radius 1 is 0.378 bits per heavy atom. The Morgan fingerprint density at radius 3 is 1.51 bits per heavy atom. The average molecular weight is 473 g/mol. The summed E-state index contributed by atoms with van der Waals surface area (Å²) in [7, 11) is 0. The summed E-state index contributed by atoms with van der Waals surface area (Å²) in [5.41, 5.74) is 11.6. The third-order valence-corrected chi connectivity index (χ3v) is 7.00. The summed E-state index contributed by atoms with van der Waals surface area (Å²) in [6.07, 6.45) is 0. The number of fused-ring (bicyclic) bond motifs is 3. The van der Waals surface area contributed by atoms with Crippen LogP contribution in [-0.4, -0.2) is 9.61 Å². The molecule has 7 rings (SSSR count). The van der Waals surface area contributed by atoms with Gasteiger partial charge in [0.05, 0.1) is 16.7 Å². The molecule has 0 atom stereocenters. The fourth-order valence-corrected chi connectivity index (χ4v) is 5.07. The number of hydrogen-bond acceptors (Lipinski definition) is 1. The van der Waals surface area contributed by atoms with Gasteiger partial charge in [0.1, 0.15) is 0 Å². The molecule has 0 spiro atoms. The van der Waals surface area contributed by atoms with Crippen molar-refractivity contribution in [2.75, 3.05) is 0 Å². The highest BCUT2D eigenvalue weighted by Gasteiger charge is 2.10. The monoisotopic (exact) mass is 472 g/mol. The van der Waals surface area contributed by atoms with Crippen LogP contribution in [0.5, 0.6) is 0 Å². The van der Waals surface area contributed by atoms with Crippen LogP contribution in [0.25, 0.3) is 61.1 Å². The molecule has 0 radical (unpaired) electrons. The number of pyridine rings is 1. The van der Waals surface area contributed by atoms with Crippen molar-refractivity contribution in [1.82, 2.24) is 9.61 Å². The topological polar surface area (TPSA) is 17.3 Å². The van der Waals surface area contributed by atoms with Gasteiger partial charge in [-0.2, -0.15) is 5.10 Å². The van der Waals surface area contributed by atoms with Gasteiger partial charge in [0.25, 0.3) is 0 Å². The van der Waals surface area contributed by atoms with Gasteiger partial charge in [0.15, 0.2) is 0 Å². The van der Waals surface area contributed by atoms with E-state index in [1.165, 1.54) is 38.8 Å². The van der Waals surface area contributed by atoms with Gasteiger partial charge in [-0.25, -0.2) is 4.52 Å². The minimum Gasteiger partial charge on any atom is -0.232 e. The smallest absolute Gasteiger partial charge is 0.0933 e. The van der Waals surface area contributed by atoms with Crippen molar-refractivity contribution in [2.45, 2.75) is 0 Å². The Bertz CT molecular complexity index is 1790. The van der Waals surface area contributed by atoms with E-state index in [1.54, 1.807) is 0 Å². The van der Waals surface area contributed by atoms with Crippen molar-refractivity contribution < 1.29 is 0 Å². The predicted molar refractivity (Wildman–Crippen MR) is 154 cm³/mol. The molecule has 2 heteroatoms. The minimum atomic E-state index is 0.978. The Kier molecular flexibility index (Phi) is 5.15. The number of nitrogens with zero attached hydrogens (tertiary/aromatic N) is 2. The maximum Gasteiger partial charge on any atom is 0.0933 e. The Balaban J connectivity index is 1.30. The summed E-state index contributed by atoms with van der Waals surface area (Å²) in [4.78, 5) is 0. The Labute approximate surface area is 216 Å². The molecule has 0 amide bonds. The van der Waals surface area contributed by atoms with Crippen LogP contribution < -0.4 is 0 Å². The lowest BCUT2D eigenvalue weighted by atomic mass is 9.93. The third kappa shape index (κ3) is 3.99. The highest BCUT2D eigenvalue weighted by molar-refractivity contribution is 5.84. The second kappa shape index (κ2) is 8.92. The van der Waals surface area contributed by atoms with E-state index in [4.69, 9.17) is 5.10 Å². The zero-order chi connectivity index (χ0) is 24.6. The van der Waals surface area contributed by atoms with Gasteiger partial charge in [0, 0.05) is 10.9 Å². The molecule has 2 heterocycles. The van der Waals surface area contributed by atoms with Crippen molar-refractivity contribution >= 4 is 16.4 Å². The van der Waals surface area contributed by atoms with E-state index in [-0.39, 0.29) is 0 Å². The quantitative estimate of drug-likeness (QED) is 0.250. The fourth-order valence-electron chi connectivity index (χ4n) is 5.07. The SMILES string of the molecule is c1ccc(-c2cc(-c3ccccc3)cc(-c3ccc(-c4cc5ccc6ccccc6n5n4)cc3)c2)cc1. The molecule has 2 aromatic heterocycles. The van der Waals surface area contributed by atoms with Crippen molar-refractivity contribution in [3.05, 3.63) is 146 Å². The molecule has 0 aliphatic rings. The Hall–Kier alpha value is -4.95. The maximum atomic E-state index is 4.94. The van der Waals surface area contributed by atoms with Crippen LogP contribution in [0, 0.1) is 0 Å². The normalized spacial score (nSPS) is 11.2. The second-order valence-electron chi connectivity index (χ2n) is 9.37. The molecule has 0 aliphatic carbocycles. The lowest BCUT2D eigenvalue weighted by molar-refractivity contribution is 1.01. The summed E-state index contributed by atoms with van der Waals surface area (Å²) in [5, 5.41) is 6.13. The maximum absolute atomic E-state index is 4.94. The van der Waals surface area contributed by atoms with Crippen LogP contribution in [-0.2, 0) is 0 Å². The van der Waals surface area contributed by atoms with Crippen LogP contribution in [0.3, 0.4) is 0 Å². The third-order valence-electron chi connectivity index (χ3n) is 7.00. The molecule has 0 saturated heterocycles. The fraction of sp³-hybridized carbons (Fsp3) is 0. The lowest BCUT2D eigenvalue weighted by Gasteiger charge is -2.11. The number of para-hydroxylation sites is 1. The summed E-state index contributed by atoms with van der Waals surface area (Å²) in [5.74, 6) is 0. The average Bonchev–Trinajstić information content (AvgIpc) is 3.43. The number of hydrogen-bond donors (Lipinski definition) is 0. The summed E-state index contributed by atoms with van der Waals surface area (Å²) in [6.45, 7) is 0. The van der Waals surface area contributed by atoms with Crippen molar-refractivity contribution in [3.8, 4) is 44.6 Å². The van der Waals surface area contributed by atoms with E-state index in [0.29, 0.717) is 0 Å². The van der Waals surface area contributed by atoms with Crippen LogP contribution >= 0.6 is 0 Å². The molecular formula is C35H24N2. The number of benzene rings is 5. The molecule has 5 aromatic carbocycles. The summed E-state index contributed by atoms with van der Waals surface area (Å²) in [6, 6.07) is 51.6. The molecule has 0 aliphatic heterocycles. The molecule has 0 saturated carbocycles. The predicted octanol–water partition coefficient (Wildman–Crippen LogP) is 9.16. The van der Waals surface area contributed by atoms with E-state index in [0.717, 1.165) is 22.3 Å². The minimum absolute atomic E-state index is 0.978. The number of rotatable bonds is 4. The van der Waals surface area contributed by atoms with Gasteiger partial charge in [-0.1, -0.05) is 109 Å². The van der Waals surface area contributed by atoms with Crippen LogP contribution in [0.15, 0.2) is 146 Å². The van der Waals surface area contributed by atoms with E-state index in [1.807, 2.05) is 4.52 Å². The van der Waals surface area contributed by atoms with Gasteiger partial charge >= 0.3 is 0 Å². The van der Waals surface area contributed by atoms with E-state index >= 15 is 0 Å². The highest BCUT2D eigenvalue weighted by Crippen LogP contribution is 2.34. The van der Waals surface area contributed by atoms with Crippen molar-refractivity contribution in [1.29, 1.82) is 0 Å². The highest BCUT2D eigenvalue weighted by atomic mass is 15.2. The first-order chi connectivity index (χ1) is 18.3. The Morgan fingerprint density at radius 2 is 0.892 bits per heavy atom. The van der Waals surface area contributed by atoms with Crippen LogP contribution in [0.2, 0.25) is 0 Å². The summed E-state index contributed by atoms with van der Waals surface area (Å²) >= 11 is 0. The first-order valence-corrected chi connectivity index (χ1v) is 12.6.